The molecule has 2 N–H and O–H groups in total. The highest BCUT2D eigenvalue weighted by Gasteiger charge is 2.47. The summed E-state index contributed by atoms with van der Waals surface area (Å²) in [5.41, 5.74) is 2.01. The van der Waals surface area contributed by atoms with Crippen molar-refractivity contribution in [2.24, 2.45) is 0 Å². The number of anilines is 1. The van der Waals surface area contributed by atoms with Crippen LogP contribution in [0, 0.1) is 0 Å². The number of fused-ring (bicyclic) bond motifs is 1. The van der Waals surface area contributed by atoms with Gasteiger partial charge >= 0.3 is 0 Å². The molecule has 164 valence electrons. The smallest absolute Gasteiger partial charge is 0.249 e. The fourth-order valence-corrected chi connectivity index (χ4v) is 4.10. The standard InChI is InChI=1S/C20H22F3N7O/c1-31-16-4-18-26-9-15(30(18)29-19(16)11-5-20(22,23)6-11)14-8-25-10-17(28-14)27-13-7-24-3-2-12(13)21/h4,8-13,24H,2-3,5-7H2,1H3,(H,27,28)/t12-,13-/m0/s1. The quantitative estimate of drug-likeness (QED) is 0.640. The summed E-state index contributed by atoms with van der Waals surface area (Å²) < 4.78 is 47.9. The van der Waals surface area contributed by atoms with E-state index in [0.717, 1.165) is 0 Å². The summed E-state index contributed by atoms with van der Waals surface area (Å²) in [6, 6.07) is 1.29. The molecule has 5 rings (SSSR count). The molecule has 3 aromatic heterocycles. The van der Waals surface area contributed by atoms with Gasteiger partial charge in [-0.1, -0.05) is 0 Å². The number of rotatable bonds is 5. The van der Waals surface area contributed by atoms with Crippen molar-refractivity contribution >= 4 is 11.5 Å². The van der Waals surface area contributed by atoms with E-state index < -0.39 is 18.1 Å². The molecule has 1 aliphatic carbocycles. The van der Waals surface area contributed by atoms with Gasteiger partial charge in [-0.2, -0.15) is 5.10 Å². The van der Waals surface area contributed by atoms with Gasteiger partial charge in [0, 0.05) is 31.4 Å². The lowest BCUT2D eigenvalue weighted by Crippen LogP contribution is -2.46. The SMILES string of the molecule is COc1cc2ncc(-c3cncc(N[C@H]4CNCC[C@@H]4F)n3)n2nc1C1CC(F)(F)C1. The van der Waals surface area contributed by atoms with Gasteiger partial charge in [-0.05, 0) is 13.0 Å². The van der Waals surface area contributed by atoms with Gasteiger partial charge in [0.15, 0.2) is 5.65 Å². The maximum atomic E-state index is 14.2. The first-order chi connectivity index (χ1) is 14.9. The highest BCUT2D eigenvalue weighted by molar-refractivity contribution is 5.61. The molecule has 2 fully saturated rings. The van der Waals surface area contributed by atoms with Gasteiger partial charge in [0.25, 0.3) is 0 Å². The van der Waals surface area contributed by atoms with E-state index in [9.17, 15) is 13.2 Å². The fraction of sp³-hybridized carbons (Fsp3) is 0.500. The molecule has 4 heterocycles. The number of halogens is 3. The number of hydrogen-bond donors (Lipinski definition) is 2. The summed E-state index contributed by atoms with van der Waals surface area (Å²) in [5, 5.41) is 10.8. The Labute approximate surface area is 176 Å². The second-order valence-electron chi connectivity index (χ2n) is 8.02. The number of piperidine rings is 1. The zero-order chi connectivity index (χ0) is 21.6. The lowest BCUT2D eigenvalue weighted by Gasteiger charge is -2.34. The third kappa shape index (κ3) is 3.78. The summed E-state index contributed by atoms with van der Waals surface area (Å²) in [5.74, 6) is -2.18. The van der Waals surface area contributed by atoms with E-state index in [2.05, 4.69) is 30.7 Å². The van der Waals surface area contributed by atoms with Crippen molar-refractivity contribution in [2.45, 2.75) is 43.3 Å². The predicted molar refractivity (Wildman–Crippen MR) is 107 cm³/mol. The molecule has 2 aliphatic rings. The number of aromatic nitrogens is 5. The summed E-state index contributed by atoms with van der Waals surface area (Å²) in [4.78, 5) is 13.1. The van der Waals surface area contributed by atoms with Crippen LogP contribution >= 0.6 is 0 Å². The minimum Gasteiger partial charge on any atom is -0.495 e. The maximum absolute atomic E-state index is 14.2. The minimum absolute atomic E-state index is 0.259. The Balaban J connectivity index is 1.47. The second kappa shape index (κ2) is 7.63. The first kappa shape index (κ1) is 20.0. The largest absolute Gasteiger partial charge is 0.495 e. The van der Waals surface area contributed by atoms with Crippen LogP contribution < -0.4 is 15.4 Å². The van der Waals surface area contributed by atoms with Crippen LogP contribution in [0.5, 0.6) is 5.75 Å². The summed E-state index contributed by atoms with van der Waals surface area (Å²) in [6.45, 7) is 1.15. The van der Waals surface area contributed by atoms with Crippen LogP contribution in [0.1, 0.15) is 30.9 Å². The van der Waals surface area contributed by atoms with Crippen molar-refractivity contribution < 1.29 is 17.9 Å². The lowest BCUT2D eigenvalue weighted by atomic mass is 9.79. The lowest BCUT2D eigenvalue weighted by molar-refractivity contribution is -0.0881. The summed E-state index contributed by atoms with van der Waals surface area (Å²) in [6.07, 6.45) is 3.63. The molecule has 31 heavy (non-hydrogen) atoms. The number of methoxy groups -OCH3 is 1. The normalized spacial score (nSPS) is 23.5. The number of nitrogens with zero attached hydrogens (tertiary/aromatic N) is 5. The Morgan fingerprint density at radius 2 is 2.10 bits per heavy atom. The van der Waals surface area contributed by atoms with Gasteiger partial charge in [0.1, 0.15) is 34.8 Å². The van der Waals surface area contributed by atoms with Crippen LogP contribution in [0.3, 0.4) is 0 Å². The monoisotopic (exact) mass is 433 g/mol. The van der Waals surface area contributed by atoms with Crippen molar-refractivity contribution in [3.05, 3.63) is 30.4 Å². The van der Waals surface area contributed by atoms with Gasteiger partial charge < -0.3 is 15.4 Å². The Bertz CT molecular complexity index is 1100. The highest BCUT2D eigenvalue weighted by Crippen LogP contribution is 2.49. The zero-order valence-corrected chi connectivity index (χ0v) is 16.9. The van der Waals surface area contributed by atoms with E-state index in [1.54, 1.807) is 23.0 Å². The third-order valence-corrected chi connectivity index (χ3v) is 5.81. The van der Waals surface area contributed by atoms with Crippen molar-refractivity contribution in [2.75, 3.05) is 25.5 Å². The molecule has 11 heteroatoms. The van der Waals surface area contributed by atoms with Crippen molar-refractivity contribution in [1.29, 1.82) is 0 Å². The van der Waals surface area contributed by atoms with E-state index in [-0.39, 0.29) is 18.8 Å². The van der Waals surface area contributed by atoms with E-state index in [4.69, 9.17) is 4.74 Å². The maximum Gasteiger partial charge on any atom is 0.249 e. The van der Waals surface area contributed by atoms with E-state index in [1.165, 1.54) is 13.3 Å². The number of ether oxygens (including phenoxy) is 1. The molecule has 0 bridgehead atoms. The van der Waals surface area contributed by atoms with Gasteiger partial charge in [0.05, 0.1) is 31.7 Å². The minimum atomic E-state index is -2.67. The first-order valence-electron chi connectivity index (χ1n) is 10.2. The van der Waals surface area contributed by atoms with Crippen LogP contribution in [0.4, 0.5) is 19.0 Å². The zero-order valence-electron chi connectivity index (χ0n) is 16.9. The molecule has 0 radical (unpaired) electrons. The topological polar surface area (TPSA) is 89.3 Å². The summed E-state index contributed by atoms with van der Waals surface area (Å²) >= 11 is 0. The molecule has 2 atom stereocenters. The van der Waals surface area contributed by atoms with Crippen LogP contribution in [-0.2, 0) is 0 Å². The third-order valence-electron chi connectivity index (χ3n) is 5.81. The second-order valence-corrected chi connectivity index (χ2v) is 8.02. The molecule has 0 unspecified atom stereocenters. The Hall–Kier alpha value is -2.95. The van der Waals surface area contributed by atoms with Crippen molar-refractivity contribution in [1.82, 2.24) is 29.9 Å². The molecule has 3 aromatic rings. The Morgan fingerprint density at radius 3 is 2.84 bits per heavy atom. The first-order valence-corrected chi connectivity index (χ1v) is 10.2. The Morgan fingerprint density at radius 1 is 1.26 bits per heavy atom. The van der Waals surface area contributed by atoms with Gasteiger partial charge in [-0.25, -0.2) is 27.7 Å². The van der Waals surface area contributed by atoms with Crippen LogP contribution in [0.2, 0.25) is 0 Å². The average molecular weight is 433 g/mol. The number of alkyl halides is 3. The van der Waals surface area contributed by atoms with Crippen molar-refractivity contribution in [3.63, 3.8) is 0 Å². The number of nitrogens with one attached hydrogen (secondary N) is 2. The van der Waals surface area contributed by atoms with Crippen LogP contribution in [0.15, 0.2) is 24.7 Å². The molecule has 0 aromatic carbocycles. The van der Waals surface area contributed by atoms with Gasteiger partial charge in [0.2, 0.25) is 5.92 Å². The van der Waals surface area contributed by atoms with Crippen LogP contribution in [0.25, 0.3) is 17.0 Å². The molecule has 1 aliphatic heterocycles. The van der Waals surface area contributed by atoms with E-state index in [1.807, 2.05) is 0 Å². The number of imidazole rings is 1. The molecular formula is C20H22F3N7O. The van der Waals surface area contributed by atoms with Crippen molar-refractivity contribution in [3.8, 4) is 17.1 Å². The molecule has 0 amide bonds. The van der Waals surface area contributed by atoms with E-state index in [0.29, 0.717) is 53.8 Å². The predicted octanol–water partition coefficient (Wildman–Crippen LogP) is 2.82. The van der Waals surface area contributed by atoms with Gasteiger partial charge in [-0.15, -0.1) is 0 Å². The molecule has 8 nitrogen and oxygen atoms in total. The molecular weight excluding hydrogens is 411 g/mol. The number of hydrogen-bond acceptors (Lipinski definition) is 7. The Kier molecular flexibility index (Phi) is 4.92. The van der Waals surface area contributed by atoms with E-state index >= 15 is 0 Å². The molecule has 1 saturated carbocycles. The van der Waals surface area contributed by atoms with Gasteiger partial charge in [-0.3, -0.25) is 4.98 Å². The van der Waals surface area contributed by atoms with Crippen LogP contribution in [-0.4, -0.2) is 62.9 Å². The molecule has 1 saturated heterocycles. The highest BCUT2D eigenvalue weighted by atomic mass is 19.3. The average Bonchev–Trinajstić information content (AvgIpc) is 3.16. The summed E-state index contributed by atoms with van der Waals surface area (Å²) in [7, 11) is 1.48. The fourth-order valence-electron chi connectivity index (χ4n) is 4.10. The molecule has 0 spiro atoms.